The van der Waals surface area contributed by atoms with E-state index >= 15 is 0 Å². The van der Waals surface area contributed by atoms with Crippen molar-refractivity contribution in [2.75, 3.05) is 44.1 Å². The lowest BCUT2D eigenvalue weighted by atomic mass is 10.1. The van der Waals surface area contributed by atoms with Crippen LogP contribution in [-0.4, -0.2) is 69.9 Å². The van der Waals surface area contributed by atoms with Crippen molar-refractivity contribution >= 4 is 34.5 Å². The third kappa shape index (κ3) is 4.92. The molecule has 0 bridgehead atoms. The molecule has 2 heterocycles. The second-order valence-corrected chi connectivity index (χ2v) is 7.34. The zero-order valence-corrected chi connectivity index (χ0v) is 15.4. The first-order valence-electron chi connectivity index (χ1n) is 8.31. The lowest BCUT2D eigenvalue weighted by Crippen LogP contribution is -2.50. The van der Waals surface area contributed by atoms with Gasteiger partial charge in [-0.1, -0.05) is 11.6 Å². The molecule has 1 aromatic carbocycles. The Balaban J connectivity index is 1.56. The number of hydrogen-bond donors (Lipinski definition) is 1. The van der Waals surface area contributed by atoms with Crippen molar-refractivity contribution in [3.8, 4) is 0 Å². The van der Waals surface area contributed by atoms with Crippen molar-refractivity contribution in [2.45, 2.75) is 18.9 Å². The van der Waals surface area contributed by atoms with Gasteiger partial charge in [0.1, 0.15) is 0 Å². The maximum Gasteiger partial charge on any atom is 0.255 e. The summed E-state index contributed by atoms with van der Waals surface area (Å²) in [5.74, 6) is -0.128. The highest BCUT2D eigenvalue weighted by Gasteiger charge is 2.26. The molecule has 1 aromatic rings. The molecule has 0 radical (unpaired) electrons. The number of carbonyl (C=O) groups excluding carboxylic acids is 1. The topological polar surface area (TPSA) is 84.9 Å². The molecule has 3 rings (SSSR count). The predicted octanol–water partition coefficient (Wildman–Crippen LogP) is 1.48. The van der Waals surface area contributed by atoms with E-state index in [2.05, 4.69) is 9.62 Å². The van der Waals surface area contributed by atoms with Crippen molar-refractivity contribution in [1.82, 2.24) is 9.80 Å². The van der Waals surface area contributed by atoms with Crippen molar-refractivity contribution in [2.24, 2.45) is 0 Å². The lowest BCUT2D eigenvalue weighted by molar-refractivity contribution is 0.0433. The van der Waals surface area contributed by atoms with Gasteiger partial charge >= 0.3 is 0 Å². The van der Waals surface area contributed by atoms with Crippen LogP contribution in [0.3, 0.4) is 0 Å². The lowest BCUT2D eigenvalue weighted by Gasteiger charge is -2.35. The minimum atomic E-state index is -2.42. The van der Waals surface area contributed by atoms with Crippen LogP contribution in [0.1, 0.15) is 23.2 Å². The SMILES string of the molecule is O=C(c1ccc(NS(=O)[O-])cc1Cl)N1CCN(CC2CCCO2)CC1. The monoisotopic (exact) mass is 386 g/mol. The quantitative estimate of drug-likeness (QED) is 0.775. The highest BCUT2D eigenvalue weighted by molar-refractivity contribution is 7.80. The molecular formula is C16H21ClN3O4S-. The highest BCUT2D eigenvalue weighted by Crippen LogP contribution is 2.23. The number of nitrogens with zero attached hydrogens (tertiary/aromatic N) is 2. The number of nitrogens with one attached hydrogen (secondary N) is 1. The van der Waals surface area contributed by atoms with Gasteiger partial charge in [0.05, 0.1) is 16.7 Å². The fourth-order valence-corrected chi connectivity index (χ4v) is 3.81. The Labute approximate surface area is 154 Å². The van der Waals surface area contributed by atoms with Crippen LogP contribution in [0.5, 0.6) is 0 Å². The molecule has 0 saturated carbocycles. The fourth-order valence-electron chi connectivity index (χ4n) is 3.23. The number of halogens is 1. The van der Waals surface area contributed by atoms with Gasteiger partial charge in [-0.2, -0.15) is 0 Å². The Kier molecular flexibility index (Phi) is 6.29. The van der Waals surface area contributed by atoms with Crippen LogP contribution < -0.4 is 4.72 Å². The van der Waals surface area contributed by atoms with Gasteiger partial charge in [0.15, 0.2) is 0 Å². The number of ether oxygens (including phenoxy) is 1. The summed E-state index contributed by atoms with van der Waals surface area (Å²) >= 11 is 3.73. The van der Waals surface area contributed by atoms with Crippen molar-refractivity contribution in [3.63, 3.8) is 0 Å². The van der Waals surface area contributed by atoms with Gasteiger partial charge < -0.3 is 18.9 Å². The average Bonchev–Trinajstić information content (AvgIpc) is 3.07. The maximum absolute atomic E-state index is 12.7. The first kappa shape index (κ1) is 18.6. The van der Waals surface area contributed by atoms with E-state index < -0.39 is 11.3 Å². The summed E-state index contributed by atoms with van der Waals surface area (Å²) < 4.78 is 29.2. The third-order valence-electron chi connectivity index (χ3n) is 4.55. The number of benzene rings is 1. The van der Waals surface area contributed by atoms with E-state index in [9.17, 15) is 13.6 Å². The summed E-state index contributed by atoms with van der Waals surface area (Å²) in [6, 6.07) is 4.53. The summed E-state index contributed by atoms with van der Waals surface area (Å²) in [7, 11) is 0. The second kappa shape index (κ2) is 8.46. The smallest absolute Gasteiger partial charge is 0.255 e. The van der Waals surface area contributed by atoms with Crippen LogP contribution in [0.15, 0.2) is 18.2 Å². The van der Waals surface area contributed by atoms with Gasteiger partial charge in [0, 0.05) is 56.3 Å². The van der Waals surface area contributed by atoms with Crippen molar-refractivity contribution < 1.29 is 18.3 Å². The molecule has 2 aliphatic heterocycles. The normalized spacial score (nSPS) is 22.8. The summed E-state index contributed by atoms with van der Waals surface area (Å²) in [4.78, 5) is 16.8. The van der Waals surface area contributed by atoms with E-state index in [1.807, 2.05) is 0 Å². The van der Waals surface area contributed by atoms with Gasteiger partial charge in [0.25, 0.3) is 5.91 Å². The van der Waals surface area contributed by atoms with Crippen LogP contribution in [0.4, 0.5) is 5.69 Å². The highest BCUT2D eigenvalue weighted by atomic mass is 35.5. The van der Waals surface area contributed by atoms with E-state index in [0.29, 0.717) is 30.4 Å². The van der Waals surface area contributed by atoms with Gasteiger partial charge in [0.2, 0.25) is 0 Å². The number of anilines is 1. The van der Waals surface area contributed by atoms with E-state index in [4.69, 9.17) is 16.3 Å². The molecule has 2 unspecified atom stereocenters. The molecule has 0 aromatic heterocycles. The molecule has 1 amide bonds. The molecule has 7 nitrogen and oxygen atoms in total. The molecule has 2 fully saturated rings. The van der Waals surface area contributed by atoms with Crippen LogP contribution >= 0.6 is 11.6 Å². The molecule has 2 aliphatic rings. The molecule has 2 saturated heterocycles. The number of carbonyl (C=O) groups is 1. The van der Waals surface area contributed by atoms with Crippen LogP contribution in [0.25, 0.3) is 0 Å². The van der Waals surface area contributed by atoms with E-state index in [-0.39, 0.29) is 10.9 Å². The first-order valence-corrected chi connectivity index (χ1v) is 9.77. The Morgan fingerprint density at radius 1 is 1.36 bits per heavy atom. The summed E-state index contributed by atoms with van der Waals surface area (Å²) in [5, 5.41) is 0.238. The van der Waals surface area contributed by atoms with E-state index in [1.165, 1.54) is 12.1 Å². The molecule has 25 heavy (non-hydrogen) atoms. The minimum absolute atomic E-state index is 0.128. The van der Waals surface area contributed by atoms with E-state index in [0.717, 1.165) is 39.1 Å². The Morgan fingerprint density at radius 2 is 2.12 bits per heavy atom. The maximum atomic E-state index is 12.7. The summed E-state index contributed by atoms with van der Waals surface area (Å²) in [6.45, 7) is 4.71. The van der Waals surface area contributed by atoms with Crippen LogP contribution in [0, 0.1) is 0 Å². The Bertz CT molecular complexity index is 646. The standard InChI is InChI=1S/C16H22ClN3O4S/c17-15-10-12(18-25(22)23)3-4-14(15)16(21)20-7-5-19(6-8-20)11-13-2-1-9-24-13/h3-4,10,13,18H,1-2,5-9,11H2,(H,22,23)/p-1. The molecular weight excluding hydrogens is 366 g/mol. The predicted molar refractivity (Wildman–Crippen MR) is 95.3 cm³/mol. The summed E-state index contributed by atoms with van der Waals surface area (Å²) in [5.41, 5.74) is 0.716. The number of rotatable bonds is 5. The zero-order chi connectivity index (χ0) is 17.8. The molecule has 0 spiro atoms. The van der Waals surface area contributed by atoms with E-state index in [1.54, 1.807) is 11.0 Å². The Morgan fingerprint density at radius 3 is 2.72 bits per heavy atom. The molecule has 138 valence electrons. The molecule has 2 atom stereocenters. The number of hydrogen-bond acceptors (Lipinski definition) is 5. The fraction of sp³-hybridized carbons (Fsp3) is 0.562. The van der Waals surface area contributed by atoms with Crippen LogP contribution in [-0.2, 0) is 16.0 Å². The summed E-state index contributed by atoms with van der Waals surface area (Å²) in [6.07, 6.45) is 2.57. The third-order valence-corrected chi connectivity index (χ3v) is 5.26. The van der Waals surface area contributed by atoms with Crippen LogP contribution in [0.2, 0.25) is 5.02 Å². The van der Waals surface area contributed by atoms with Gasteiger partial charge in [-0.3, -0.25) is 13.9 Å². The zero-order valence-electron chi connectivity index (χ0n) is 13.8. The average molecular weight is 387 g/mol. The Hall–Kier alpha value is -1.19. The molecule has 1 N–H and O–H groups in total. The molecule has 0 aliphatic carbocycles. The van der Waals surface area contributed by atoms with Gasteiger partial charge in [-0.25, -0.2) is 0 Å². The number of piperazine rings is 1. The van der Waals surface area contributed by atoms with Gasteiger partial charge in [-0.05, 0) is 31.0 Å². The second-order valence-electron chi connectivity index (χ2n) is 6.26. The minimum Gasteiger partial charge on any atom is -0.755 e. The first-order chi connectivity index (χ1) is 12.0. The van der Waals surface area contributed by atoms with Crippen molar-refractivity contribution in [1.29, 1.82) is 0 Å². The number of amides is 1. The largest absolute Gasteiger partial charge is 0.755 e. The van der Waals surface area contributed by atoms with Gasteiger partial charge in [-0.15, -0.1) is 0 Å². The molecule has 9 heteroatoms. The van der Waals surface area contributed by atoms with Crippen molar-refractivity contribution in [3.05, 3.63) is 28.8 Å².